The number of fused-ring (bicyclic) bond motifs is 1. The minimum Gasteiger partial charge on any atom is -0.445 e. The number of rotatable bonds is 2. The van der Waals surface area contributed by atoms with Gasteiger partial charge in [-0.05, 0) is 45.1 Å². The van der Waals surface area contributed by atoms with Crippen LogP contribution in [0.25, 0.3) is 0 Å². The number of carbonyl (C=O) groups excluding carboxylic acids is 2. The molecule has 0 N–H and O–H groups in total. The van der Waals surface area contributed by atoms with Gasteiger partial charge in [0.2, 0.25) is 0 Å². The summed E-state index contributed by atoms with van der Waals surface area (Å²) < 4.78 is 11.1. The highest BCUT2D eigenvalue weighted by atomic mass is 16.6. The number of hydrogen-bond donors (Lipinski definition) is 0. The molecule has 2 fully saturated rings. The van der Waals surface area contributed by atoms with Crippen molar-refractivity contribution >= 4 is 12.2 Å². The summed E-state index contributed by atoms with van der Waals surface area (Å²) in [4.78, 5) is 28.9. The quantitative estimate of drug-likeness (QED) is 0.784. The zero-order chi connectivity index (χ0) is 19.6. The standard InChI is InChI=1S/C21H30N2O4/c1-15-10-12-22(19(24)26-14-16-8-6-5-7-9-16)17-11-13-23(18(15)17)20(25)27-21(2,3)4/h5-9,15,17-18H,10-14H2,1-4H3. The van der Waals surface area contributed by atoms with E-state index in [0.717, 1.165) is 18.4 Å². The Morgan fingerprint density at radius 1 is 1.04 bits per heavy atom. The first kappa shape index (κ1) is 19.5. The van der Waals surface area contributed by atoms with Crippen LogP contribution in [0.5, 0.6) is 0 Å². The number of carbonyl (C=O) groups is 2. The Labute approximate surface area is 161 Å². The number of amides is 2. The van der Waals surface area contributed by atoms with Gasteiger partial charge in [0, 0.05) is 13.1 Å². The van der Waals surface area contributed by atoms with Crippen LogP contribution in [0.4, 0.5) is 9.59 Å². The molecule has 3 atom stereocenters. The molecule has 0 spiro atoms. The summed E-state index contributed by atoms with van der Waals surface area (Å²) in [5.41, 5.74) is 0.441. The summed E-state index contributed by atoms with van der Waals surface area (Å²) in [7, 11) is 0. The molecular formula is C21H30N2O4. The maximum atomic E-state index is 12.7. The average molecular weight is 374 g/mol. The number of ether oxygens (including phenoxy) is 2. The van der Waals surface area contributed by atoms with Gasteiger partial charge in [-0.15, -0.1) is 0 Å². The molecule has 2 aliphatic rings. The first-order valence-electron chi connectivity index (χ1n) is 9.73. The predicted molar refractivity (Wildman–Crippen MR) is 102 cm³/mol. The van der Waals surface area contributed by atoms with Gasteiger partial charge in [-0.1, -0.05) is 37.3 Å². The lowest BCUT2D eigenvalue weighted by atomic mass is 9.87. The molecule has 6 heteroatoms. The van der Waals surface area contributed by atoms with Crippen molar-refractivity contribution in [2.45, 2.75) is 64.8 Å². The fourth-order valence-corrected chi connectivity index (χ4v) is 4.07. The topological polar surface area (TPSA) is 59.1 Å². The minimum absolute atomic E-state index is 0.00968. The third kappa shape index (κ3) is 4.54. The molecule has 2 aliphatic heterocycles. The van der Waals surface area contributed by atoms with Crippen molar-refractivity contribution in [1.29, 1.82) is 0 Å². The summed E-state index contributed by atoms with van der Waals surface area (Å²) in [5.74, 6) is 0.322. The Balaban J connectivity index is 1.65. The molecule has 2 heterocycles. The smallest absolute Gasteiger partial charge is 0.410 e. The molecule has 0 saturated carbocycles. The van der Waals surface area contributed by atoms with Crippen molar-refractivity contribution in [1.82, 2.24) is 9.80 Å². The number of benzene rings is 1. The molecule has 0 radical (unpaired) electrons. The third-order valence-electron chi connectivity index (χ3n) is 5.30. The highest BCUT2D eigenvalue weighted by molar-refractivity contribution is 5.71. The van der Waals surface area contributed by atoms with Gasteiger partial charge < -0.3 is 19.3 Å². The molecule has 3 rings (SSSR count). The van der Waals surface area contributed by atoms with Crippen molar-refractivity contribution in [2.24, 2.45) is 5.92 Å². The largest absolute Gasteiger partial charge is 0.445 e. The van der Waals surface area contributed by atoms with Crippen LogP contribution < -0.4 is 0 Å². The summed E-state index contributed by atoms with van der Waals surface area (Å²) in [6.45, 7) is 9.29. The van der Waals surface area contributed by atoms with Gasteiger partial charge >= 0.3 is 12.2 Å². The van der Waals surface area contributed by atoms with Crippen molar-refractivity contribution in [3.05, 3.63) is 35.9 Å². The average Bonchev–Trinajstić information content (AvgIpc) is 3.05. The highest BCUT2D eigenvalue weighted by Gasteiger charge is 2.48. The first-order chi connectivity index (χ1) is 12.8. The van der Waals surface area contributed by atoms with E-state index in [9.17, 15) is 9.59 Å². The summed E-state index contributed by atoms with van der Waals surface area (Å²) in [6, 6.07) is 9.64. The van der Waals surface area contributed by atoms with E-state index in [1.165, 1.54) is 0 Å². The van der Waals surface area contributed by atoms with Crippen LogP contribution in [-0.4, -0.2) is 52.8 Å². The Morgan fingerprint density at radius 3 is 2.37 bits per heavy atom. The van der Waals surface area contributed by atoms with Crippen molar-refractivity contribution in [3.8, 4) is 0 Å². The molecule has 148 valence electrons. The maximum Gasteiger partial charge on any atom is 0.410 e. The molecule has 6 nitrogen and oxygen atoms in total. The van der Waals surface area contributed by atoms with Crippen LogP contribution in [-0.2, 0) is 16.1 Å². The van der Waals surface area contributed by atoms with E-state index in [2.05, 4.69) is 6.92 Å². The van der Waals surface area contributed by atoms with E-state index in [0.29, 0.717) is 19.0 Å². The van der Waals surface area contributed by atoms with Crippen molar-refractivity contribution < 1.29 is 19.1 Å². The number of hydrogen-bond acceptors (Lipinski definition) is 4. The number of likely N-dealkylation sites (tertiary alicyclic amines) is 2. The van der Waals surface area contributed by atoms with Crippen molar-refractivity contribution in [2.75, 3.05) is 13.1 Å². The third-order valence-corrected chi connectivity index (χ3v) is 5.30. The van der Waals surface area contributed by atoms with E-state index in [-0.39, 0.29) is 30.9 Å². The molecule has 3 unspecified atom stereocenters. The maximum absolute atomic E-state index is 12.7. The van der Waals surface area contributed by atoms with Crippen LogP contribution in [0, 0.1) is 5.92 Å². The summed E-state index contributed by atoms with van der Waals surface area (Å²) in [5, 5.41) is 0. The van der Waals surface area contributed by atoms with Gasteiger partial charge in [0.15, 0.2) is 0 Å². The van der Waals surface area contributed by atoms with Crippen LogP contribution in [0.3, 0.4) is 0 Å². The summed E-state index contributed by atoms with van der Waals surface area (Å²) >= 11 is 0. The zero-order valence-corrected chi connectivity index (χ0v) is 16.7. The van der Waals surface area contributed by atoms with Gasteiger partial charge in [-0.3, -0.25) is 0 Å². The normalized spacial score (nSPS) is 25.1. The van der Waals surface area contributed by atoms with Crippen molar-refractivity contribution in [3.63, 3.8) is 0 Å². The number of piperidine rings is 1. The Bertz CT molecular complexity index is 671. The Kier molecular flexibility index (Phi) is 5.63. The molecule has 0 aliphatic carbocycles. The minimum atomic E-state index is -0.526. The van der Waals surface area contributed by atoms with Gasteiger partial charge in [-0.2, -0.15) is 0 Å². The molecular weight excluding hydrogens is 344 g/mol. The number of nitrogens with zero attached hydrogens (tertiary/aromatic N) is 2. The molecule has 2 saturated heterocycles. The van der Waals surface area contributed by atoms with Crippen LogP contribution >= 0.6 is 0 Å². The van der Waals surface area contributed by atoms with E-state index in [4.69, 9.17) is 9.47 Å². The molecule has 27 heavy (non-hydrogen) atoms. The van der Waals surface area contributed by atoms with Crippen LogP contribution in [0.2, 0.25) is 0 Å². The lowest BCUT2D eigenvalue weighted by Gasteiger charge is -2.43. The van der Waals surface area contributed by atoms with Gasteiger partial charge in [0.25, 0.3) is 0 Å². The highest BCUT2D eigenvalue weighted by Crippen LogP contribution is 2.35. The molecule has 1 aromatic carbocycles. The molecule has 0 aromatic heterocycles. The second-order valence-electron chi connectivity index (χ2n) is 8.52. The Hall–Kier alpha value is -2.24. The SMILES string of the molecule is CC1CCN(C(=O)OCc2ccccc2)C2CCN(C(=O)OC(C)(C)C)C12. The lowest BCUT2D eigenvalue weighted by Crippen LogP contribution is -2.56. The lowest BCUT2D eigenvalue weighted by molar-refractivity contribution is 0.000307. The molecule has 0 bridgehead atoms. The van der Waals surface area contributed by atoms with Gasteiger partial charge in [0.05, 0.1) is 12.1 Å². The first-order valence-corrected chi connectivity index (χ1v) is 9.73. The van der Waals surface area contributed by atoms with E-state index in [1.54, 1.807) is 9.80 Å². The fourth-order valence-electron chi connectivity index (χ4n) is 4.07. The zero-order valence-electron chi connectivity index (χ0n) is 16.7. The second-order valence-corrected chi connectivity index (χ2v) is 8.52. The monoisotopic (exact) mass is 374 g/mol. The molecule has 2 amide bonds. The van der Waals surface area contributed by atoms with E-state index < -0.39 is 5.60 Å². The van der Waals surface area contributed by atoms with Crippen LogP contribution in [0.1, 0.15) is 46.1 Å². The predicted octanol–water partition coefficient (Wildman–Crippen LogP) is 4.04. The van der Waals surface area contributed by atoms with Gasteiger partial charge in [-0.25, -0.2) is 9.59 Å². The van der Waals surface area contributed by atoms with Gasteiger partial charge in [0.1, 0.15) is 12.2 Å². The van der Waals surface area contributed by atoms with Crippen LogP contribution in [0.15, 0.2) is 30.3 Å². The summed E-state index contributed by atoms with van der Waals surface area (Å²) in [6.07, 6.45) is 1.02. The molecule has 1 aromatic rings. The van der Waals surface area contributed by atoms with E-state index >= 15 is 0 Å². The fraction of sp³-hybridized carbons (Fsp3) is 0.619. The van der Waals surface area contributed by atoms with E-state index in [1.807, 2.05) is 51.1 Å². The second kappa shape index (κ2) is 7.79. The Morgan fingerprint density at radius 2 is 1.70 bits per heavy atom.